The number of halogens is 1. The van der Waals surface area contributed by atoms with Crippen LogP contribution in [0.15, 0.2) is 53.1 Å². The summed E-state index contributed by atoms with van der Waals surface area (Å²) in [5.74, 6) is -0.313. The highest BCUT2D eigenvalue weighted by Gasteiger charge is 2.21. The van der Waals surface area contributed by atoms with Gasteiger partial charge in [0.15, 0.2) is 0 Å². The zero-order chi connectivity index (χ0) is 21.7. The fourth-order valence-electron chi connectivity index (χ4n) is 2.97. The minimum Gasteiger partial charge on any atom is -0.349 e. The normalized spacial score (nSPS) is 12.8. The van der Waals surface area contributed by atoms with E-state index in [9.17, 15) is 14.0 Å². The van der Waals surface area contributed by atoms with Gasteiger partial charge in [0.1, 0.15) is 11.9 Å². The van der Waals surface area contributed by atoms with E-state index in [1.807, 2.05) is 31.2 Å². The molecular formula is C22H23FN4O3. The maximum absolute atomic E-state index is 13.1. The van der Waals surface area contributed by atoms with Crippen LogP contribution in [0.4, 0.5) is 4.39 Å². The highest BCUT2D eigenvalue weighted by molar-refractivity contribution is 5.79. The Kier molecular flexibility index (Phi) is 6.56. The van der Waals surface area contributed by atoms with Crippen molar-refractivity contribution in [2.45, 2.75) is 39.3 Å². The third kappa shape index (κ3) is 5.50. The summed E-state index contributed by atoms with van der Waals surface area (Å²) in [5, 5.41) is 9.50. The van der Waals surface area contributed by atoms with Crippen molar-refractivity contribution in [3.8, 4) is 11.4 Å². The Hall–Kier alpha value is -3.55. The van der Waals surface area contributed by atoms with Crippen LogP contribution in [0.5, 0.6) is 0 Å². The molecule has 0 bridgehead atoms. The van der Waals surface area contributed by atoms with Crippen LogP contribution in [0.2, 0.25) is 0 Å². The first-order valence-corrected chi connectivity index (χ1v) is 9.54. The molecule has 1 aromatic heterocycles. The fraction of sp³-hybridized carbons (Fsp3) is 0.273. The molecule has 0 aliphatic carbocycles. The fourth-order valence-corrected chi connectivity index (χ4v) is 2.97. The molecule has 8 heteroatoms. The number of aryl methyl sites for hydroxylation is 1. The minimum atomic E-state index is -0.532. The highest BCUT2D eigenvalue weighted by atomic mass is 19.1. The molecule has 0 saturated heterocycles. The van der Waals surface area contributed by atoms with Gasteiger partial charge in [-0.15, -0.1) is 0 Å². The molecule has 156 valence electrons. The molecular weight excluding hydrogens is 387 g/mol. The molecule has 2 N–H and O–H groups in total. The van der Waals surface area contributed by atoms with Gasteiger partial charge in [-0.05, 0) is 43.7 Å². The lowest BCUT2D eigenvalue weighted by atomic mass is 10.0. The van der Waals surface area contributed by atoms with Crippen LogP contribution in [0.1, 0.15) is 49.4 Å². The zero-order valence-electron chi connectivity index (χ0n) is 17.0. The first-order chi connectivity index (χ1) is 14.3. The molecule has 0 radical (unpaired) electrons. The van der Waals surface area contributed by atoms with Crippen LogP contribution in [-0.2, 0) is 9.59 Å². The smallest absolute Gasteiger partial charge is 0.249 e. The molecule has 7 nitrogen and oxygen atoms in total. The lowest BCUT2D eigenvalue weighted by molar-refractivity contribution is -0.123. The number of rotatable bonds is 7. The molecule has 0 spiro atoms. The van der Waals surface area contributed by atoms with Crippen molar-refractivity contribution < 1.29 is 18.5 Å². The molecule has 2 aromatic carbocycles. The first-order valence-electron chi connectivity index (χ1n) is 9.54. The topological polar surface area (TPSA) is 97.1 Å². The van der Waals surface area contributed by atoms with Gasteiger partial charge in [-0.25, -0.2) is 4.39 Å². The number of nitrogens with one attached hydrogen (secondary N) is 2. The van der Waals surface area contributed by atoms with Gasteiger partial charge in [0.2, 0.25) is 23.5 Å². The average Bonchev–Trinajstić information content (AvgIpc) is 3.18. The molecule has 0 saturated carbocycles. The molecule has 2 atom stereocenters. The standard InChI is InChI=1S/C22H23FN4O3/c1-13-4-6-16(7-5-13)19(25-15(3)28)12-20(29)24-14(2)22-26-21(27-30-22)17-8-10-18(23)11-9-17/h4-11,14,19H,12H2,1-3H3,(H,24,29)(H,25,28). The van der Waals surface area contributed by atoms with E-state index in [2.05, 4.69) is 20.8 Å². The Bertz CT molecular complexity index is 1020. The number of hydrogen-bond donors (Lipinski definition) is 2. The maximum Gasteiger partial charge on any atom is 0.249 e. The van der Waals surface area contributed by atoms with E-state index in [-0.39, 0.29) is 29.9 Å². The summed E-state index contributed by atoms with van der Waals surface area (Å²) in [6, 6.07) is 12.4. The molecule has 2 amide bonds. The van der Waals surface area contributed by atoms with Crippen LogP contribution in [0.25, 0.3) is 11.4 Å². The van der Waals surface area contributed by atoms with Crippen molar-refractivity contribution in [3.63, 3.8) is 0 Å². The quantitative estimate of drug-likeness (QED) is 0.620. The van der Waals surface area contributed by atoms with Crippen molar-refractivity contribution in [3.05, 3.63) is 71.4 Å². The molecule has 30 heavy (non-hydrogen) atoms. The van der Waals surface area contributed by atoms with Gasteiger partial charge in [-0.3, -0.25) is 9.59 Å². The van der Waals surface area contributed by atoms with Crippen molar-refractivity contribution in [2.75, 3.05) is 0 Å². The van der Waals surface area contributed by atoms with Gasteiger partial charge in [0, 0.05) is 12.5 Å². The van der Waals surface area contributed by atoms with Crippen LogP contribution in [0, 0.1) is 12.7 Å². The van der Waals surface area contributed by atoms with Crippen LogP contribution < -0.4 is 10.6 Å². The highest BCUT2D eigenvalue weighted by Crippen LogP contribution is 2.21. The Balaban J connectivity index is 1.66. The summed E-state index contributed by atoms with van der Waals surface area (Å²) >= 11 is 0. The van der Waals surface area contributed by atoms with Crippen LogP contribution in [0.3, 0.4) is 0 Å². The van der Waals surface area contributed by atoms with E-state index in [1.54, 1.807) is 19.1 Å². The van der Waals surface area contributed by atoms with E-state index in [0.717, 1.165) is 11.1 Å². The van der Waals surface area contributed by atoms with E-state index in [0.29, 0.717) is 11.4 Å². The number of hydrogen-bond acceptors (Lipinski definition) is 5. The number of carbonyl (C=O) groups is 2. The van der Waals surface area contributed by atoms with Crippen LogP contribution in [-0.4, -0.2) is 22.0 Å². The molecule has 0 aliphatic rings. The first kappa shape index (κ1) is 21.2. The molecule has 1 heterocycles. The third-order valence-corrected chi connectivity index (χ3v) is 4.54. The molecule has 0 fully saturated rings. The van der Waals surface area contributed by atoms with E-state index < -0.39 is 12.1 Å². The van der Waals surface area contributed by atoms with Gasteiger partial charge in [-0.2, -0.15) is 4.98 Å². The van der Waals surface area contributed by atoms with Crippen LogP contribution >= 0.6 is 0 Å². The van der Waals surface area contributed by atoms with Gasteiger partial charge >= 0.3 is 0 Å². The Morgan fingerprint density at radius 1 is 1.07 bits per heavy atom. The van der Waals surface area contributed by atoms with Gasteiger partial charge in [0.05, 0.1) is 12.5 Å². The SMILES string of the molecule is CC(=O)NC(CC(=O)NC(C)c1nc(-c2ccc(F)cc2)no1)c1ccc(C)cc1. The number of benzene rings is 2. The van der Waals surface area contributed by atoms with E-state index >= 15 is 0 Å². The van der Waals surface area contributed by atoms with E-state index in [1.165, 1.54) is 19.1 Å². The Morgan fingerprint density at radius 3 is 2.37 bits per heavy atom. The van der Waals surface area contributed by atoms with Gasteiger partial charge in [-0.1, -0.05) is 35.0 Å². The third-order valence-electron chi connectivity index (χ3n) is 4.54. The van der Waals surface area contributed by atoms with Crippen molar-refractivity contribution >= 4 is 11.8 Å². The summed E-state index contributed by atoms with van der Waals surface area (Å²) in [7, 11) is 0. The second-order valence-corrected chi connectivity index (χ2v) is 7.12. The number of nitrogens with zero attached hydrogens (tertiary/aromatic N) is 2. The van der Waals surface area contributed by atoms with Gasteiger partial charge in [0.25, 0.3) is 0 Å². The zero-order valence-corrected chi connectivity index (χ0v) is 17.0. The maximum atomic E-state index is 13.1. The molecule has 3 rings (SSSR count). The molecule has 3 aromatic rings. The lowest BCUT2D eigenvalue weighted by Crippen LogP contribution is -2.33. The Morgan fingerprint density at radius 2 is 1.73 bits per heavy atom. The minimum absolute atomic E-state index is 0.0614. The van der Waals surface area contributed by atoms with Crippen molar-refractivity contribution in [1.29, 1.82) is 0 Å². The summed E-state index contributed by atoms with van der Waals surface area (Å²) in [5.41, 5.74) is 2.54. The Labute approximate surface area is 173 Å². The largest absolute Gasteiger partial charge is 0.349 e. The predicted octanol–water partition coefficient (Wildman–Crippen LogP) is 3.63. The lowest BCUT2D eigenvalue weighted by Gasteiger charge is -2.19. The molecule has 0 aliphatic heterocycles. The molecule has 2 unspecified atom stereocenters. The summed E-state index contributed by atoms with van der Waals surface area (Å²) in [4.78, 5) is 28.4. The predicted molar refractivity (Wildman–Crippen MR) is 109 cm³/mol. The summed E-state index contributed by atoms with van der Waals surface area (Å²) in [6.45, 7) is 5.10. The van der Waals surface area contributed by atoms with Gasteiger partial charge < -0.3 is 15.2 Å². The van der Waals surface area contributed by atoms with Crippen molar-refractivity contribution in [1.82, 2.24) is 20.8 Å². The summed E-state index contributed by atoms with van der Waals surface area (Å²) < 4.78 is 18.3. The number of amides is 2. The second-order valence-electron chi connectivity index (χ2n) is 7.12. The average molecular weight is 410 g/mol. The monoisotopic (exact) mass is 410 g/mol. The van der Waals surface area contributed by atoms with Crippen molar-refractivity contribution in [2.24, 2.45) is 0 Å². The second kappa shape index (κ2) is 9.30. The number of carbonyl (C=O) groups excluding carboxylic acids is 2. The van der Waals surface area contributed by atoms with E-state index in [4.69, 9.17) is 4.52 Å². The number of aromatic nitrogens is 2. The summed E-state index contributed by atoms with van der Waals surface area (Å²) in [6.07, 6.45) is 0.0614.